The van der Waals surface area contributed by atoms with Crippen molar-refractivity contribution in [2.24, 2.45) is 0 Å². The van der Waals surface area contributed by atoms with E-state index < -0.39 is 53.8 Å². The molecule has 0 amide bonds. The molecule has 2 fully saturated rings. The second kappa shape index (κ2) is 15.4. The first-order chi connectivity index (χ1) is 23.7. The van der Waals surface area contributed by atoms with Crippen molar-refractivity contribution in [2.45, 2.75) is 61.5 Å². The van der Waals surface area contributed by atoms with Crippen LogP contribution in [0.4, 0.5) is 0 Å². The van der Waals surface area contributed by atoms with E-state index in [4.69, 9.17) is 9.47 Å². The minimum atomic E-state index is -3.50. The van der Waals surface area contributed by atoms with E-state index in [9.17, 15) is 27.0 Å². The molecule has 2 aliphatic heterocycles. The van der Waals surface area contributed by atoms with Crippen molar-refractivity contribution in [3.63, 3.8) is 0 Å². The Kier molecular flexibility index (Phi) is 11.7. The van der Waals surface area contributed by atoms with Crippen LogP contribution in [0.25, 0.3) is 22.3 Å². The number of aliphatic hydroxyl groups is 2. The fourth-order valence-electron chi connectivity index (χ4n) is 5.81. The first kappa shape index (κ1) is 37.8. The van der Waals surface area contributed by atoms with Crippen LogP contribution in [0, 0.1) is 0 Å². The molecule has 6 rings (SSSR count). The van der Waals surface area contributed by atoms with Gasteiger partial charge in [-0.25, -0.2) is 26.3 Å². The van der Waals surface area contributed by atoms with Crippen LogP contribution in [-0.4, -0.2) is 76.1 Å². The smallest absolute Gasteiger partial charge is 0.214 e. The summed E-state index contributed by atoms with van der Waals surface area (Å²) >= 11 is 0. The maximum Gasteiger partial charge on any atom is 0.214 e. The highest BCUT2D eigenvalue weighted by Gasteiger charge is 2.47. The molecule has 4 aromatic carbocycles. The Morgan fingerprint density at radius 3 is 1.14 bits per heavy atom. The molecule has 0 bridgehead atoms. The van der Waals surface area contributed by atoms with Gasteiger partial charge in [0.25, 0.3) is 0 Å². The van der Waals surface area contributed by atoms with Crippen LogP contribution < -0.4 is 9.44 Å². The Labute approximate surface area is 295 Å². The Morgan fingerprint density at radius 1 is 0.540 bits per heavy atom. The van der Waals surface area contributed by atoms with Gasteiger partial charge in [0.1, 0.15) is 11.2 Å². The van der Waals surface area contributed by atoms with Crippen LogP contribution in [0.5, 0.6) is 0 Å². The van der Waals surface area contributed by atoms with Crippen LogP contribution in [0.1, 0.15) is 38.8 Å². The van der Waals surface area contributed by atoms with Gasteiger partial charge in [-0.15, -0.1) is 0 Å². The van der Waals surface area contributed by atoms with Gasteiger partial charge in [-0.3, -0.25) is 0 Å². The van der Waals surface area contributed by atoms with Crippen molar-refractivity contribution >= 4 is 20.0 Å². The van der Waals surface area contributed by atoms with Crippen LogP contribution >= 0.6 is 0 Å². The third kappa shape index (κ3) is 8.35. The van der Waals surface area contributed by atoms with Gasteiger partial charge < -0.3 is 19.7 Å². The van der Waals surface area contributed by atoms with E-state index in [2.05, 4.69) is 9.44 Å². The summed E-state index contributed by atoms with van der Waals surface area (Å²) in [4.78, 5) is 0. The largest absolute Gasteiger partial charge is 0.381 e. The van der Waals surface area contributed by atoms with E-state index in [-0.39, 0.29) is 26.4 Å². The number of hydrogen-bond donors (Lipinski definition) is 4. The third-order valence-corrected chi connectivity index (χ3v) is 12.9. The lowest BCUT2D eigenvalue weighted by molar-refractivity contribution is 0.0120. The minimum absolute atomic E-state index is 0.0585. The summed E-state index contributed by atoms with van der Waals surface area (Å²) in [6.45, 7) is 6.81. The van der Waals surface area contributed by atoms with E-state index in [1.807, 2.05) is 109 Å². The van der Waals surface area contributed by atoms with E-state index >= 15 is 0 Å². The maximum absolute atomic E-state index is 12.2. The zero-order valence-electron chi connectivity index (χ0n) is 28.7. The monoisotopic (exact) mass is 722 g/mol. The van der Waals surface area contributed by atoms with Gasteiger partial charge in [-0.1, -0.05) is 109 Å². The second-order valence-electron chi connectivity index (χ2n) is 13.3. The first-order valence-corrected chi connectivity index (χ1v) is 19.7. The first-order valence-electron chi connectivity index (χ1n) is 16.6. The maximum atomic E-state index is 12.2. The summed E-state index contributed by atoms with van der Waals surface area (Å²) in [5.74, 6) is 0. The predicted molar refractivity (Wildman–Crippen MR) is 195 cm³/mol. The Bertz CT molecular complexity index is 1780. The van der Waals surface area contributed by atoms with Crippen molar-refractivity contribution in [3.8, 4) is 22.3 Å². The second-order valence-corrected chi connectivity index (χ2v) is 17.8. The summed E-state index contributed by atoms with van der Waals surface area (Å²) in [5.41, 5.74) is 2.76. The third-order valence-electron chi connectivity index (χ3n) is 9.20. The van der Waals surface area contributed by atoms with Crippen molar-refractivity contribution in [1.29, 1.82) is 0 Å². The molecule has 0 aliphatic carbocycles. The summed E-state index contributed by atoms with van der Waals surface area (Å²) < 4.78 is 64.6. The SMILES string of the molecule is CC(C)S(=O)(=O)N[C@H]1COC[C@@]1(O)c1ccc(-c2ccccc2)cc1.CC(C)S(=O)(=O)N[C@H]1COC[C@]1(O)c1ccc(-c2ccccc2)cc1. The van der Waals surface area contributed by atoms with E-state index in [0.29, 0.717) is 11.1 Å². The van der Waals surface area contributed by atoms with E-state index in [1.54, 1.807) is 27.7 Å². The number of hydrogen-bond acceptors (Lipinski definition) is 8. The summed E-state index contributed by atoms with van der Waals surface area (Å²) in [6.07, 6.45) is 0. The zero-order chi connectivity index (χ0) is 36.2. The van der Waals surface area contributed by atoms with Crippen LogP contribution in [-0.2, 0) is 40.7 Å². The Balaban J connectivity index is 0.000000194. The number of benzene rings is 4. The van der Waals surface area contributed by atoms with Crippen molar-refractivity contribution in [1.82, 2.24) is 9.44 Å². The molecule has 2 heterocycles. The molecule has 4 aromatic rings. The van der Waals surface area contributed by atoms with Gasteiger partial charge in [0, 0.05) is 0 Å². The molecule has 0 saturated carbocycles. The zero-order valence-corrected chi connectivity index (χ0v) is 30.3. The number of rotatable bonds is 10. The molecule has 12 heteroatoms. The van der Waals surface area contributed by atoms with Crippen LogP contribution in [0.3, 0.4) is 0 Å². The number of nitrogens with one attached hydrogen (secondary N) is 2. The minimum Gasteiger partial charge on any atom is -0.381 e. The van der Waals surface area contributed by atoms with Gasteiger partial charge >= 0.3 is 0 Å². The molecule has 268 valence electrons. The molecule has 10 nitrogen and oxygen atoms in total. The molecule has 4 atom stereocenters. The standard InChI is InChI=1S/2C19H23NO4S/c2*1-14(2)25(22,23)20-18-12-24-13-19(18,21)17-10-8-16(9-11-17)15-6-4-3-5-7-15/h2*3-11,14,18,20-21H,12-13H2,1-2H3/t18-,19+;18-,19-/m00/s1. The van der Waals surface area contributed by atoms with Crippen LogP contribution in [0.15, 0.2) is 109 Å². The van der Waals surface area contributed by atoms with Crippen molar-refractivity contribution in [2.75, 3.05) is 26.4 Å². The molecule has 0 spiro atoms. The summed E-state index contributed by atoms with van der Waals surface area (Å²) in [7, 11) is -7.00. The van der Waals surface area contributed by atoms with Gasteiger partial charge in [0.2, 0.25) is 20.0 Å². The van der Waals surface area contributed by atoms with Crippen molar-refractivity contribution in [3.05, 3.63) is 120 Å². The molecule has 2 saturated heterocycles. The molecule has 0 radical (unpaired) electrons. The molecule has 4 N–H and O–H groups in total. The predicted octanol–water partition coefficient (Wildman–Crippen LogP) is 4.54. The van der Waals surface area contributed by atoms with Gasteiger partial charge in [-0.2, -0.15) is 0 Å². The van der Waals surface area contributed by atoms with Gasteiger partial charge in [0.05, 0.1) is 49.0 Å². The Morgan fingerprint density at radius 2 is 0.840 bits per heavy atom. The average Bonchev–Trinajstić information content (AvgIpc) is 3.67. The summed E-state index contributed by atoms with van der Waals surface area (Å²) in [6, 6.07) is 33.5. The van der Waals surface area contributed by atoms with Crippen LogP contribution in [0.2, 0.25) is 0 Å². The molecule has 2 aliphatic rings. The fourth-order valence-corrected chi connectivity index (χ4v) is 7.67. The van der Waals surface area contributed by atoms with Gasteiger partial charge in [0.15, 0.2) is 0 Å². The topological polar surface area (TPSA) is 151 Å². The molecular formula is C38H46N2O8S2. The van der Waals surface area contributed by atoms with E-state index in [1.165, 1.54) is 0 Å². The van der Waals surface area contributed by atoms with Gasteiger partial charge in [-0.05, 0) is 61.1 Å². The molecular weight excluding hydrogens is 677 g/mol. The van der Waals surface area contributed by atoms with E-state index in [0.717, 1.165) is 22.3 Å². The lowest BCUT2D eigenvalue weighted by Gasteiger charge is -2.29. The highest BCUT2D eigenvalue weighted by atomic mass is 32.2. The quantitative estimate of drug-likeness (QED) is 0.187. The number of sulfonamides is 2. The fraction of sp³-hybridized carbons (Fsp3) is 0.368. The highest BCUT2D eigenvalue weighted by Crippen LogP contribution is 2.34. The Hall–Kier alpha value is -3.46. The molecule has 50 heavy (non-hydrogen) atoms. The number of ether oxygens (including phenoxy) is 2. The molecule has 0 unspecified atom stereocenters. The highest BCUT2D eigenvalue weighted by molar-refractivity contribution is 7.90. The summed E-state index contributed by atoms with van der Waals surface area (Å²) in [5, 5.41) is 21.0. The van der Waals surface area contributed by atoms with Crippen molar-refractivity contribution < 1.29 is 36.5 Å². The molecule has 0 aromatic heterocycles. The average molecular weight is 723 g/mol. The lowest BCUT2D eigenvalue weighted by Crippen LogP contribution is -2.51. The lowest BCUT2D eigenvalue weighted by atomic mass is 9.88. The normalized spacial score (nSPS) is 23.9.